The molecular formula is C12H12N2O3. The monoisotopic (exact) mass is 232 g/mol. The first-order valence-corrected chi connectivity index (χ1v) is 5.56. The van der Waals surface area contributed by atoms with Gasteiger partial charge in [0.2, 0.25) is 0 Å². The van der Waals surface area contributed by atoms with Crippen molar-refractivity contribution in [1.29, 1.82) is 0 Å². The van der Waals surface area contributed by atoms with Crippen molar-refractivity contribution in [2.75, 3.05) is 6.61 Å². The van der Waals surface area contributed by atoms with Gasteiger partial charge in [-0.2, -0.15) is 5.10 Å². The van der Waals surface area contributed by atoms with E-state index in [1.807, 2.05) is 0 Å². The Kier molecular flexibility index (Phi) is 2.33. The van der Waals surface area contributed by atoms with Gasteiger partial charge in [0.15, 0.2) is 0 Å². The minimum Gasteiger partial charge on any atom is -0.478 e. The molecule has 5 nitrogen and oxygen atoms in total. The molecule has 0 bridgehead atoms. The molecule has 3 rings (SSSR count). The molecule has 2 N–H and O–H groups in total. The molecule has 1 fully saturated rings. The molecular weight excluding hydrogens is 220 g/mol. The van der Waals surface area contributed by atoms with Gasteiger partial charge in [0.05, 0.1) is 22.9 Å². The summed E-state index contributed by atoms with van der Waals surface area (Å²) in [7, 11) is 0. The number of carboxylic acids is 1. The second-order valence-electron chi connectivity index (χ2n) is 4.22. The maximum atomic E-state index is 10.9. The minimum absolute atomic E-state index is 0.231. The normalized spacial score (nSPS) is 19.2. The number of nitrogens with one attached hydrogen (secondary N) is 1. The van der Waals surface area contributed by atoms with Crippen LogP contribution in [0.1, 0.15) is 22.5 Å². The van der Waals surface area contributed by atoms with Crippen molar-refractivity contribution in [2.45, 2.75) is 18.9 Å². The fraction of sp³-hybridized carbons (Fsp3) is 0.333. The molecule has 1 aliphatic rings. The van der Waals surface area contributed by atoms with Gasteiger partial charge in [-0.05, 0) is 24.6 Å². The summed E-state index contributed by atoms with van der Waals surface area (Å²) in [5.41, 5.74) is 2.03. The van der Waals surface area contributed by atoms with Gasteiger partial charge < -0.3 is 9.84 Å². The molecule has 0 radical (unpaired) electrons. The van der Waals surface area contributed by atoms with Gasteiger partial charge in [-0.1, -0.05) is 0 Å². The van der Waals surface area contributed by atoms with Crippen molar-refractivity contribution in [1.82, 2.24) is 10.2 Å². The summed E-state index contributed by atoms with van der Waals surface area (Å²) in [6, 6.07) is 4.98. The highest BCUT2D eigenvalue weighted by molar-refractivity contribution is 5.94. The van der Waals surface area contributed by atoms with E-state index >= 15 is 0 Å². The Morgan fingerprint density at radius 2 is 2.41 bits per heavy atom. The van der Waals surface area contributed by atoms with E-state index < -0.39 is 5.97 Å². The number of fused-ring (bicyclic) bond motifs is 1. The Hall–Kier alpha value is -1.88. The number of nitrogens with zero attached hydrogens (tertiary/aromatic N) is 1. The number of ether oxygens (including phenoxy) is 1. The lowest BCUT2D eigenvalue weighted by atomic mass is 10.0. The number of aromatic amines is 1. The van der Waals surface area contributed by atoms with Crippen LogP contribution in [0, 0.1) is 0 Å². The molecule has 1 aliphatic heterocycles. The lowest BCUT2D eigenvalue weighted by Gasteiger charge is -2.25. The van der Waals surface area contributed by atoms with Crippen molar-refractivity contribution >= 4 is 16.9 Å². The van der Waals surface area contributed by atoms with Crippen LogP contribution in [0.4, 0.5) is 0 Å². The van der Waals surface area contributed by atoms with Gasteiger partial charge in [-0.3, -0.25) is 5.10 Å². The van der Waals surface area contributed by atoms with E-state index in [-0.39, 0.29) is 11.7 Å². The Labute approximate surface area is 97.4 Å². The van der Waals surface area contributed by atoms with Crippen LogP contribution in [0.25, 0.3) is 10.9 Å². The van der Waals surface area contributed by atoms with Crippen LogP contribution in [0.15, 0.2) is 18.2 Å². The fourth-order valence-corrected chi connectivity index (χ4v) is 2.02. The maximum Gasteiger partial charge on any atom is 0.335 e. The number of hydrogen-bond donors (Lipinski definition) is 2. The van der Waals surface area contributed by atoms with Crippen molar-refractivity contribution in [2.24, 2.45) is 0 Å². The number of H-pyrrole nitrogens is 1. The van der Waals surface area contributed by atoms with Crippen LogP contribution < -0.4 is 0 Å². The zero-order valence-electron chi connectivity index (χ0n) is 9.14. The highest BCUT2D eigenvalue weighted by Crippen LogP contribution is 2.22. The molecule has 2 aromatic rings. The van der Waals surface area contributed by atoms with Gasteiger partial charge >= 0.3 is 5.97 Å². The van der Waals surface area contributed by atoms with Crippen molar-refractivity contribution in [3.05, 3.63) is 29.5 Å². The Morgan fingerprint density at radius 3 is 3.06 bits per heavy atom. The van der Waals surface area contributed by atoms with Crippen LogP contribution >= 0.6 is 0 Å². The summed E-state index contributed by atoms with van der Waals surface area (Å²) < 4.78 is 5.36. The smallest absolute Gasteiger partial charge is 0.335 e. The topological polar surface area (TPSA) is 75.2 Å². The van der Waals surface area contributed by atoms with Crippen molar-refractivity contribution < 1.29 is 14.6 Å². The van der Waals surface area contributed by atoms with Gasteiger partial charge in [-0.25, -0.2) is 4.79 Å². The van der Waals surface area contributed by atoms with E-state index in [0.29, 0.717) is 0 Å². The maximum absolute atomic E-state index is 10.9. The Balaban J connectivity index is 1.99. The number of aromatic carboxylic acids is 1. The van der Waals surface area contributed by atoms with Crippen LogP contribution in [0.3, 0.4) is 0 Å². The first-order valence-electron chi connectivity index (χ1n) is 5.56. The van der Waals surface area contributed by atoms with E-state index in [1.54, 1.807) is 18.2 Å². The van der Waals surface area contributed by atoms with Gasteiger partial charge in [-0.15, -0.1) is 0 Å². The van der Waals surface area contributed by atoms with E-state index in [0.717, 1.165) is 36.0 Å². The molecule has 0 amide bonds. The molecule has 1 aromatic carbocycles. The third-order valence-electron chi connectivity index (χ3n) is 3.10. The van der Waals surface area contributed by atoms with E-state index in [1.165, 1.54) is 0 Å². The zero-order chi connectivity index (χ0) is 11.8. The molecule has 1 atom stereocenters. The highest BCUT2D eigenvalue weighted by Gasteiger charge is 2.21. The molecule has 0 spiro atoms. The van der Waals surface area contributed by atoms with Gasteiger partial charge in [0.25, 0.3) is 0 Å². The molecule has 1 unspecified atom stereocenters. The average Bonchev–Trinajstić information content (AvgIpc) is 2.65. The second kappa shape index (κ2) is 3.85. The van der Waals surface area contributed by atoms with Crippen LogP contribution in [0.5, 0.6) is 0 Å². The first kappa shape index (κ1) is 10.3. The largest absolute Gasteiger partial charge is 0.478 e. The molecule has 1 aromatic heterocycles. The number of carboxylic acid groups (broad SMARTS) is 1. The van der Waals surface area contributed by atoms with Gasteiger partial charge in [0.1, 0.15) is 0 Å². The van der Waals surface area contributed by atoms with Crippen molar-refractivity contribution in [3.63, 3.8) is 0 Å². The first-order chi connectivity index (χ1) is 8.24. The number of benzene rings is 1. The highest BCUT2D eigenvalue weighted by atomic mass is 16.5. The predicted octanol–water partition coefficient (Wildman–Crippen LogP) is 1.59. The standard InChI is InChI=1S/C12H12N2O3/c15-12(16)7-1-2-10-9(5-7)11(14-13-10)6-8-3-4-17-8/h1-2,5,8H,3-4,6H2,(H,13,14)(H,15,16). The lowest BCUT2D eigenvalue weighted by molar-refractivity contribution is -0.0495. The summed E-state index contributed by atoms with van der Waals surface area (Å²) >= 11 is 0. The zero-order valence-corrected chi connectivity index (χ0v) is 9.14. The molecule has 88 valence electrons. The molecule has 5 heteroatoms. The van der Waals surface area contributed by atoms with E-state index in [9.17, 15) is 4.79 Å². The van der Waals surface area contributed by atoms with Crippen LogP contribution in [0.2, 0.25) is 0 Å². The molecule has 0 aliphatic carbocycles. The summed E-state index contributed by atoms with van der Waals surface area (Å²) in [5.74, 6) is -0.918. The third-order valence-corrected chi connectivity index (χ3v) is 3.10. The minimum atomic E-state index is -0.918. The van der Waals surface area contributed by atoms with Crippen molar-refractivity contribution in [3.8, 4) is 0 Å². The number of aromatic nitrogens is 2. The molecule has 1 saturated heterocycles. The number of carbonyl (C=O) groups is 1. The molecule has 0 saturated carbocycles. The third kappa shape index (κ3) is 1.78. The summed E-state index contributed by atoms with van der Waals surface area (Å²) in [4.78, 5) is 10.9. The fourth-order valence-electron chi connectivity index (χ4n) is 2.02. The SMILES string of the molecule is O=C(O)c1ccc2[nH]nc(CC3CCO3)c2c1. The molecule has 2 heterocycles. The van der Waals surface area contributed by atoms with Gasteiger partial charge in [0, 0.05) is 18.4 Å². The lowest BCUT2D eigenvalue weighted by Crippen LogP contribution is -2.28. The number of rotatable bonds is 3. The van der Waals surface area contributed by atoms with Crippen LogP contribution in [-0.4, -0.2) is 34.0 Å². The summed E-state index contributed by atoms with van der Waals surface area (Å²) in [6.45, 7) is 0.813. The quantitative estimate of drug-likeness (QED) is 0.842. The summed E-state index contributed by atoms with van der Waals surface area (Å²) in [6.07, 6.45) is 2.02. The Bertz CT molecular complexity index is 572. The summed E-state index contributed by atoms with van der Waals surface area (Å²) in [5, 5.41) is 17.0. The second-order valence-corrected chi connectivity index (χ2v) is 4.22. The Morgan fingerprint density at radius 1 is 1.59 bits per heavy atom. The average molecular weight is 232 g/mol. The number of hydrogen-bond acceptors (Lipinski definition) is 3. The predicted molar refractivity (Wildman–Crippen MR) is 61.1 cm³/mol. The van der Waals surface area contributed by atoms with E-state index in [4.69, 9.17) is 9.84 Å². The molecule has 17 heavy (non-hydrogen) atoms. The van der Waals surface area contributed by atoms with Crippen LogP contribution in [-0.2, 0) is 11.2 Å². The van der Waals surface area contributed by atoms with E-state index in [2.05, 4.69) is 10.2 Å².